The first kappa shape index (κ1) is 14.7. The van der Waals surface area contributed by atoms with Crippen LogP contribution in [0.4, 0.5) is 0 Å². The van der Waals surface area contributed by atoms with Crippen LogP contribution in [0.1, 0.15) is 23.7 Å². The second-order valence-electron chi connectivity index (χ2n) is 4.19. The first-order valence-corrected chi connectivity index (χ1v) is 8.09. The minimum atomic E-state index is -3.82. The summed E-state index contributed by atoms with van der Waals surface area (Å²) in [5, 5.41) is 18.6. The number of rotatable bonds is 6. The van der Waals surface area contributed by atoms with E-state index in [0.717, 1.165) is 0 Å². The summed E-state index contributed by atoms with van der Waals surface area (Å²) in [4.78, 5) is 10.9. The van der Waals surface area contributed by atoms with Crippen molar-refractivity contribution in [1.29, 1.82) is 0 Å². The number of carboxylic acid groups (broad SMARTS) is 1. The maximum Gasteiger partial charge on any atom is 0.305 e. The predicted molar refractivity (Wildman–Crippen MR) is 73.0 cm³/mol. The van der Waals surface area contributed by atoms with E-state index < -0.39 is 22.0 Å². The first-order chi connectivity index (χ1) is 9.40. The van der Waals surface area contributed by atoms with Crippen LogP contribution in [0.2, 0.25) is 0 Å². The fourth-order valence-electron chi connectivity index (χ4n) is 1.74. The lowest BCUT2D eigenvalue weighted by Gasteiger charge is -2.15. The van der Waals surface area contributed by atoms with Gasteiger partial charge in [0.1, 0.15) is 4.90 Å². The summed E-state index contributed by atoms with van der Waals surface area (Å²) in [5.41, 5.74) is 1.03. The van der Waals surface area contributed by atoms with Crippen LogP contribution in [0, 0.1) is 6.92 Å². The van der Waals surface area contributed by atoms with E-state index in [2.05, 4.69) is 14.9 Å². The number of H-pyrrole nitrogens is 1. The first-order valence-electron chi connectivity index (χ1n) is 5.66. The number of aliphatic carboxylic acids is 1. The number of hydrogen-bond donors (Lipinski definition) is 3. The van der Waals surface area contributed by atoms with Crippen LogP contribution in [-0.2, 0) is 14.8 Å². The number of nitrogens with zero attached hydrogens (tertiary/aromatic N) is 1. The van der Waals surface area contributed by atoms with Gasteiger partial charge in [-0.25, -0.2) is 13.1 Å². The van der Waals surface area contributed by atoms with E-state index in [1.807, 2.05) is 0 Å². The Hall–Kier alpha value is -1.71. The molecule has 7 nitrogen and oxygen atoms in total. The summed E-state index contributed by atoms with van der Waals surface area (Å²) in [6.45, 7) is 1.58. The topological polar surface area (TPSA) is 112 Å². The Kier molecular flexibility index (Phi) is 4.21. The fourth-order valence-corrected chi connectivity index (χ4v) is 3.81. The van der Waals surface area contributed by atoms with Crippen LogP contribution in [0.25, 0.3) is 0 Å². The number of hydrogen-bond acceptors (Lipinski definition) is 5. The van der Waals surface area contributed by atoms with Gasteiger partial charge >= 0.3 is 5.97 Å². The maximum absolute atomic E-state index is 12.2. The molecule has 3 N–H and O–H groups in total. The Balaban J connectivity index is 2.28. The van der Waals surface area contributed by atoms with Crippen molar-refractivity contribution >= 4 is 27.3 Å². The van der Waals surface area contributed by atoms with E-state index >= 15 is 0 Å². The van der Waals surface area contributed by atoms with Gasteiger partial charge in [0.05, 0.1) is 24.4 Å². The average Bonchev–Trinajstić information content (AvgIpc) is 2.97. The smallest absolute Gasteiger partial charge is 0.305 e. The van der Waals surface area contributed by atoms with Crippen LogP contribution in [0.15, 0.2) is 27.9 Å². The van der Waals surface area contributed by atoms with E-state index in [1.54, 1.807) is 23.8 Å². The van der Waals surface area contributed by atoms with E-state index in [-0.39, 0.29) is 11.3 Å². The highest BCUT2D eigenvalue weighted by atomic mass is 32.2. The number of carboxylic acids is 1. The fraction of sp³-hybridized carbons (Fsp3) is 0.273. The molecule has 0 saturated heterocycles. The van der Waals surface area contributed by atoms with Gasteiger partial charge in [0.15, 0.2) is 0 Å². The highest BCUT2D eigenvalue weighted by Crippen LogP contribution is 2.23. The lowest BCUT2D eigenvalue weighted by atomic mass is 10.1. The number of carbonyl (C=O) groups is 1. The Morgan fingerprint density at radius 1 is 1.60 bits per heavy atom. The number of aromatic nitrogens is 2. The molecule has 0 amide bonds. The molecule has 0 aliphatic rings. The van der Waals surface area contributed by atoms with E-state index in [1.165, 1.54) is 17.5 Å². The zero-order chi connectivity index (χ0) is 14.8. The zero-order valence-electron chi connectivity index (χ0n) is 10.5. The van der Waals surface area contributed by atoms with Gasteiger partial charge in [0.25, 0.3) is 0 Å². The third kappa shape index (κ3) is 3.24. The Morgan fingerprint density at radius 3 is 2.85 bits per heavy atom. The molecule has 0 aliphatic heterocycles. The molecule has 0 aliphatic carbocycles. The summed E-state index contributed by atoms with van der Waals surface area (Å²) >= 11 is 1.38. The van der Waals surface area contributed by atoms with Crippen molar-refractivity contribution < 1.29 is 18.3 Å². The molecule has 0 saturated carbocycles. The Labute approximate surface area is 119 Å². The van der Waals surface area contributed by atoms with Crippen LogP contribution in [0.5, 0.6) is 0 Å². The molecule has 2 aromatic heterocycles. The minimum Gasteiger partial charge on any atom is -0.481 e. The summed E-state index contributed by atoms with van der Waals surface area (Å²) in [6.07, 6.45) is 0.871. The maximum atomic E-state index is 12.2. The lowest BCUT2D eigenvalue weighted by Crippen LogP contribution is -2.30. The normalized spacial score (nSPS) is 13.2. The Bertz CT molecular complexity index is 691. The predicted octanol–water partition coefficient (Wildman–Crippen LogP) is 1.27. The van der Waals surface area contributed by atoms with Gasteiger partial charge in [-0.1, -0.05) is 0 Å². The zero-order valence-corrected chi connectivity index (χ0v) is 12.2. The van der Waals surface area contributed by atoms with Crippen molar-refractivity contribution in [3.8, 4) is 0 Å². The molecule has 2 rings (SSSR count). The second kappa shape index (κ2) is 5.73. The van der Waals surface area contributed by atoms with Crippen molar-refractivity contribution in [2.75, 3.05) is 0 Å². The van der Waals surface area contributed by atoms with Gasteiger partial charge in [0, 0.05) is 0 Å². The number of aromatic amines is 1. The molecule has 0 aromatic carbocycles. The van der Waals surface area contributed by atoms with Crippen molar-refractivity contribution in [2.45, 2.75) is 24.3 Å². The molecule has 0 spiro atoms. The lowest BCUT2D eigenvalue weighted by molar-refractivity contribution is -0.137. The van der Waals surface area contributed by atoms with Crippen molar-refractivity contribution in [3.63, 3.8) is 0 Å². The molecule has 0 bridgehead atoms. The van der Waals surface area contributed by atoms with E-state index in [0.29, 0.717) is 11.3 Å². The van der Waals surface area contributed by atoms with Crippen molar-refractivity contribution in [3.05, 3.63) is 34.3 Å². The number of aryl methyl sites for hydroxylation is 1. The van der Waals surface area contributed by atoms with Gasteiger partial charge in [0.2, 0.25) is 10.0 Å². The molecular weight excluding hydrogens is 302 g/mol. The summed E-state index contributed by atoms with van der Waals surface area (Å²) < 4.78 is 26.9. The average molecular weight is 315 g/mol. The third-order valence-electron chi connectivity index (χ3n) is 2.69. The third-order valence-corrected chi connectivity index (χ3v) is 4.98. The molecule has 0 radical (unpaired) electrons. The van der Waals surface area contributed by atoms with Crippen LogP contribution >= 0.6 is 11.3 Å². The van der Waals surface area contributed by atoms with Crippen molar-refractivity contribution in [2.24, 2.45) is 0 Å². The molecule has 108 valence electrons. The van der Waals surface area contributed by atoms with E-state index in [4.69, 9.17) is 5.11 Å². The molecular formula is C11H13N3O4S2. The SMILES string of the molecule is Cc1[nH]ncc1S(=O)(=O)NC(CC(=O)O)c1ccsc1. The van der Waals surface area contributed by atoms with Crippen LogP contribution < -0.4 is 4.72 Å². The highest BCUT2D eigenvalue weighted by molar-refractivity contribution is 7.89. The number of nitrogens with one attached hydrogen (secondary N) is 2. The van der Waals surface area contributed by atoms with Crippen LogP contribution in [0.3, 0.4) is 0 Å². The van der Waals surface area contributed by atoms with Crippen LogP contribution in [-0.4, -0.2) is 29.7 Å². The standard InChI is InChI=1S/C11H13N3O4S2/c1-7-10(5-12-13-7)20(17,18)14-9(4-11(15)16)8-2-3-19-6-8/h2-3,5-6,9,14H,4H2,1H3,(H,12,13)(H,15,16). The van der Waals surface area contributed by atoms with Gasteiger partial charge in [-0.15, -0.1) is 0 Å². The molecule has 1 unspecified atom stereocenters. The molecule has 2 heterocycles. The minimum absolute atomic E-state index is 0.0168. The molecule has 20 heavy (non-hydrogen) atoms. The van der Waals surface area contributed by atoms with Gasteiger partial charge in [-0.05, 0) is 29.3 Å². The molecule has 0 fully saturated rings. The summed E-state index contributed by atoms with van der Waals surface area (Å²) in [7, 11) is -3.82. The van der Waals surface area contributed by atoms with Gasteiger partial charge in [-0.2, -0.15) is 16.4 Å². The number of thiophene rings is 1. The second-order valence-corrected chi connectivity index (χ2v) is 6.65. The number of sulfonamides is 1. The van der Waals surface area contributed by atoms with Gasteiger partial charge < -0.3 is 5.11 Å². The summed E-state index contributed by atoms with van der Waals surface area (Å²) in [5.74, 6) is -1.08. The highest BCUT2D eigenvalue weighted by Gasteiger charge is 2.25. The molecule has 1 atom stereocenters. The monoisotopic (exact) mass is 315 g/mol. The summed E-state index contributed by atoms with van der Waals surface area (Å²) in [6, 6.07) is 0.890. The molecule has 2 aromatic rings. The van der Waals surface area contributed by atoms with Gasteiger partial charge in [-0.3, -0.25) is 9.89 Å². The quantitative estimate of drug-likeness (QED) is 0.743. The van der Waals surface area contributed by atoms with E-state index in [9.17, 15) is 13.2 Å². The Morgan fingerprint density at radius 2 is 2.35 bits per heavy atom. The molecule has 9 heteroatoms. The van der Waals surface area contributed by atoms with Crippen molar-refractivity contribution in [1.82, 2.24) is 14.9 Å². The largest absolute Gasteiger partial charge is 0.481 e.